The molecule has 2 aromatic heterocycles. The van der Waals surface area contributed by atoms with Gasteiger partial charge in [0.1, 0.15) is 5.52 Å². The number of benzene rings is 2. The third-order valence-corrected chi connectivity index (χ3v) is 4.18. The highest BCUT2D eigenvalue weighted by Gasteiger charge is 2.11. The molecule has 4 rings (SSSR count). The molecule has 0 spiro atoms. The van der Waals surface area contributed by atoms with Crippen molar-refractivity contribution >= 4 is 28.4 Å². The van der Waals surface area contributed by atoms with E-state index in [0.29, 0.717) is 28.2 Å². The highest BCUT2D eigenvalue weighted by Crippen LogP contribution is 2.26. The molecule has 0 aliphatic rings. The van der Waals surface area contributed by atoms with Crippen LogP contribution in [0.5, 0.6) is 0 Å². The number of carbonyl (C=O) groups excluding carboxylic acids is 1. The molecule has 2 aromatic carbocycles. The summed E-state index contributed by atoms with van der Waals surface area (Å²) in [6.07, 6.45) is 3.32. The van der Waals surface area contributed by atoms with Crippen LogP contribution in [-0.4, -0.2) is 30.0 Å². The van der Waals surface area contributed by atoms with Crippen molar-refractivity contribution in [2.45, 2.75) is 0 Å². The molecule has 0 aliphatic carbocycles. The van der Waals surface area contributed by atoms with Gasteiger partial charge in [-0.3, -0.25) is 9.78 Å². The number of rotatable bonds is 4. The summed E-state index contributed by atoms with van der Waals surface area (Å²) in [5, 5.41) is 2.93. The van der Waals surface area contributed by atoms with Crippen LogP contribution in [0.15, 0.2) is 71.4 Å². The summed E-state index contributed by atoms with van der Waals surface area (Å²) in [5.41, 5.74) is 4.40. The van der Waals surface area contributed by atoms with Crippen LogP contribution in [-0.2, 0) is 0 Å². The van der Waals surface area contributed by atoms with Gasteiger partial charge in [-0.2, -0.15) is 0 Å². The Labute approximate surface area is 156 Å². The van der Waals surface area contributed by atoms with Crippen LogP contribution in [0.1, 0.15) is 10.4 Å². The van der Waals surface area contributed by atoms with Crippen LogP contribution in [0.3, 0.4) is 0 Å². The Hall–Kier alpha value is -3.67. The molecule has 1 N–H and O–H groups in total. The Morgan fingerprint density at radius 2 is 1.93 bits per heavy atom. The summed E-state index contributed by atoms with van der Waals surface area (Å²) in [6.45, 7) is 0. The molecule has 0 saturated carbocycles. The second-order valence-electron chi connectivity index (χ2n) is 6.34. The zero-order valence-corrected chi connectivity index (χ0v) is 15.0. The van der Waals surface area contributed by atoms with Crippen LogP contribution in [0.4, 0.5) is 11.4 Å². The number of hydrogen-bond donors (Lipinski definition) is 1. The molecular formula is C21H18N4O2. The summed E-state index contributed by atoms with van der Waals surface area (Å²) >= 11 is 0. The van der Waals surface area contributed by atoms with Crippen molar-refractivity contribution in [1.82, 2.24) is 9.97 Å². The Balaban J connectivity index is 1.59. The smallest absolute Gasteiger partial charge is 0.255 e. The van der Waals surface area contributed by atoms with E-state index in [1.807, 2.05) is 61.5 Å². The lowest BCUT2D eigenvalue weighted by molar-refractivity contribution is 0.102. The van der Waals surface area contributed by atoms with Gasteiger partial charge in [0.05, 0.1) is 6.20 Å². The molecule has 0 radical (unpaired) electrons. The number of nitrogens with one attached hydrogen (secondary N) is 1. The maximum atomic E-state index is 12.6. The van der Waals surface area contributed by atoms with E-state index in [1.165, 1.54) is 0 Å². The van der Waals surface area contributed by atoms with Crippen molar-refractivity contribution in [3.63, 3.8) is 0 Å². The molecule has 0 fully saturated rings. The first-order valence-corrected chi connectivity index (χ1v) is 8.50. The van der Waals surface area contributed by atoms with E-state index in [9.17, 15) is 4.79 Å². The molecule has 0 unspecified atom stereocenters. The second kappa shape index (κ2) is 6.92. The van der Waals surface area contributed by atoms with Gasteiger partial charge in [-0.1, -0.05) is 12.1 Å². The highest BCUT2D eigenvalue weighted by atomic mass is 16.3. The number of carbonyl (C=O) groups is 1. The van der Waals surface area contributed by atoms with Gasteiger partial charge in [0, 0.05) is 48.9 Å². The summed E-state index contributed by atoms with van der Waals surface area (Å²) < 4.78 is 5.77. The minimum Gasteiger partial charge on any atom is -0.436 e. The maximum absolute atomic E-state index is 12.6. The SMILES string of the molecule is CN(C)c1cccc(C(=O)Nc2cccc(-c3nc4cnccc4o3)c2)c1. The Bertz CT molecular complexity index is 1080. The fraction of sp³-hybridized carbons (Fsp3) is 0.0952. The van der Waals surface area contributed by atoms with Crippen molar-refractivity contribution in [1.29, 1.82) is 0 Å². The monoisotopic (exact) mass is 358 g/mol. The van der Waals surface area contributed by atoms with E-state index in [-0.39, 0.29) is 5.91 Å². The second-order valence-corrected chi connectivity index (χ2v) is 6.34. The van der Waals surface area contributed by atoms with Gasteiger partial charge < -0.3 is 14.6 Å². The average Bonchev–Trinajstić information content (AvgIpc) is 3.12. The van der Waals surface area contributed by atoms with Gasteiger partial charge in [-0.15, -0.1) is 0 Å². The van der Waals surface area contributed by atoms with Crippen LogP contribution >= 0.6 is 0 Å². The molecule has 4 aromatic rings. The lowest BCUT2D eigenvalue weighted by Gasteiger charge is -2.13. The molecule has 0 atom stereocenters. The van der Waals surface area contributed by atoms with E-state index in [1.54, 1.807) is 24.5 Å². The Morgan fingerprint density at radius 1 is 1.07 bits per heavy atom. The van der Waals surface area contributed by atoms with Gasteiger partial charge >= 0.3 is 0 Å². The third-order valence-electron chi connectivity index (χ3n) is 4.18. The first-order valence-electron chi connectivity index (χ1n) is 8.50. The first kappa shape index (κ1) is 16.8. The normalized spacial score (nSPS) is 10.7. The molecule has 1 amide bonds. The fourth-order valence-corrected chi connectivity index (χ4v) is 2.76. The van der Waals surface area contributed by atoms with Gasteiger partial charge in [-0.25, -0.2) is 4.98 Å². The van der Waals surface area contributed by atoms with Crippen LogP contribution in [0, 0.1) is 0 Å². The molecule has 0 saturated heterocycles. The van der Waals surface area contributed by atoms with Crippen molar-refractivity contribution < 1.29 is 9.21 Å². The molecule has 2 heterocycles. The minimum atomic E-state index is -0.169. The van der Waals surface area contributed by atoms with Gasteiger partial charge in [0.25, 0.3) is 5.91 Å². The van der Waals surface area contributed by atoms with Gasteiger partial charge in [-0.05, 0) is 36.4 Å². The minimum absolute atomic E-state index is 0.169. The standard InChI is InChI=1S/C21H18N4O2/c1-25(2)17-8-4-5-14(12-17)20(26)23-16-7-3-6-15(11-16)21-24-18-13-22-10-9-19(18)27-21/h3-13H,1-2H3,(H,23,26). The van der Waals surface area contributed by atoms with E-state index >= 15 is 0 Å². The average molecular weight is 358 g/mol. The summed E-state index contributed by atoms with van der Waals surface area (Å²) in [6, 6.07) is 16.7. The first-order chi connectivity index (χ1) is 13.1. The Morgan fingerprint density at radius 3 is 2.74 bits per heavy atom. The number of pyridine rings is 1. The van der Waals surface area contributed by atoms with E-state index in [0.717, 1.165) is 11.3 Å². The molecule has 27 heavy (non-hydrogen) atoms. The quantitative estimate of drug-likeness (QED) is 0.592. The summed E-state index contributed by atoms with van der Waals surface area (Å²) in [5.74, 6) is 0.321. The van der Waals surface area contributed by atoms with Crippen LogP contribution in [0.25, 0.3) is 22.6 Å². The number of aromatic nitrogens is 2. The fourth-order valence-electron chi connectivity index (χ4n) is 2.76. The summed E-state index contributed by atoms with van der Waals surface area (Å²) in [4.78, 5) is 23.1. The predicted molar refractivity (Wildman–Crippen MR) is 106 cm³/mol. The van der Waals surface area contributed by atoms with Gasteiger partial charge in [0.15, 0.2) is 5.58 Å². The molecule has 134 valence electrons. The van der Waals surface area contributed by atoms with Crippen LogP contribution in [0.2, 0.25) is 0 Å². The highest BCUT2D eigenvalue weighted by molar-refractivity contribution is 6.05. The predicted octanol–water partition coefficient (Wildman–Crippen LogP) is 4.21. The van der Waals surface area contributed by atoms with Crippen molar-refractivity contribution in [2.75, 3.05) is 24.3 Å². The van der Waals surface area contributed by atoms with E-state index in [2.05, 4.69) is 15.3 Å². The molecule has 0 aliphatic heterocycles. The number of oxazole rings is 1. The van der Waals surface area contributed by atoms with Gasteiger partial charge in [0.2, 0.25) is 5.89 Å². The zero-order chi connectivity index (χ0) is 18.8. The van der Waals surface area contributed by atoms with Crippen molar-refractivity contribution in [2.24, 2.45) is 0 Å². The number of amides is 1. The number of fused-ring (bicyclic) bond motifs is 1. The van der Waals surface area contributed by atoms with Crippen molar-refractivity contribution in [3.8, 4) is 11.5 Å². The largest absolute Gasteiger partial charge is 0.436 e. The topological polar surface area (TPSA) is 71.3 Å². The molecule has 6 heteroatoms. The lowest BCUT2D eigenvalue weighted by Crippen LogP contribution is -2.14. The van der Waals surface area contributed by atoms with E-state index in [4.69, 9.17) is 4.42 Å². The molecule has 6 nitrogen and oxygen atoms in total. The maximum Gasteiger partial charge on any atom is 0.255 e. The molecule has 0 bridgehead atoms. The number of anilines is 2. The molecular weight excluding hydrogens is 340 g/mol. The zero-order valence-electron chi connectivity index (χ0n) is 15.0. The lowest BCUT2D eigenvalue weighted by atomic mass is 10.1. The third kappa shape index (κ3) is 3.50. The van der Waals surface area contributed by atoms with Crippen molar-refractivity contribution in [3.05, 3.63) is 72.6 Å². The number of nitrogens with zero attached hydrogens (tertiary/aromatic N) is 3. The van der Waals surface area contributed by atoms with Crippen LogP contribution < -0.4 is 10.2 Å². The summed E-state index contributed by atoms with van der Waals surface area (Å²) in [7, 11) is 3.88. The number of hydrogen-bond acceptors (Lipinski definition) is 5. The van der Waals surface area contributed by atoms with E-state index < -0.39 is 0 Å². The Kier molecular flexibility index (Phi) is 4.30.